The number of hydrogen-bond donors (Lipinski definition) is 4. The fourth-order valence-corrected chi connectivity index (χ4v) is 2.22. The van der Waals surface area contributed by atoms with Crippen LogP contribution in [0.2, 0.25) is 0 Å². The molecule has 0 aliphatic carbocycles. The average Bonchev–Trinajstić information content (AvgIpc) is 2.40. The van der Waals surface area contributed by atoms with Crippen LogP contribution in [-0.2, 0) is 5.41 Å². The number of aliphatic hydroxyl groups excluding tert-OH is 2. The first-order valence-corrected chi connectivity index (χ1v) is 6.39. The summed E-state index contributed by atoms with van der Waals surface area (Å²) in [6, 6.07) is 5.63. The number of rotatable bonds is 4. The van der Waals surface area contributed by atoms with E-state index >= 15 is 0 Å². The molecule has 0 saturated carbocycles. The summed E-state index contributed by atoms with van der Waals surface area (Å²) in [5.41, 5.74) is 2.38. The third-order valence-electron chi connectivity index (χ3n) is 3.44. The third-order valence-corrected chi connectivity index (χ3v) is 3.44. The number of amides is 1. The second-order valence-electron chi connectivity index (χ2n) is 5.54. The first-order valence-electron chi connectivity index (χ1n) is 6.39. The van der Waals surface area contributed by atoms with Crippen molar-refractivity contribution in [1.82, 2.24) is 5.32 Å². The van der Waals surface area contributed by atoms with Crippen LogP contribution in [0.25, 0.3) is 0 Å². The molecule has 1 aromatic carbocycles. The maximum atomic E-state index is 11.9. The summed E-state index contributed by atoms with van der Waals surface area (Å²) in [6.07, 6.45) is -0.804. The van der Waals surface area contributed by atoms with Crippen molar-refractivity contribution in [3.05, 3.63) is 29.3 Å². The predicted molar refractivity (Wildman–Crippen MR) is 73.4 cm³/mol. The maximum absolute atomic E-state index is 11.9. The summed E-state index contributed by atoms with van der Waals surface area (Å²) in [4.78, 5) is 11.9. The van der Waals surface area contributed by atoms with Crippen molar-refractivity contribution in [2.45, 2.75) is 25.4 Å². The quantitative estimate of drug-likeness (QED) is 0.637. The van der Waals surface area contributed by atoms with E-state index in [0.29, 0.717) is 12.1 Å². The van der Waals surface area contributed by atoms with E-state index in [0.717, 1.165) is 11.3 Å². The Morgan fingerprint density at radius 1 is 1.47 bits per heavy atom. The van der Waals surface area contributed by atoms with E-state index in [2.05, 4.69) is 24.5 Å². The van der Waals surface area contributed by atoms with Crippen LogP contribution in [0, 0.1) is 0 Å². The minimum absolute atomic E-state index is 0.0688. The predicted octanol–water partition coefficient (Wildman–Crippen LogP) is 0.473. The smallest absolute Gasteiger partial charge is 0.251 e. The van der Waals surface area contributed by atoms with E-state index < -0.39 is 6.10 Å². The summed E-state index contributed by atoms with van der Waals surface area (Å²) < 4.78 is 0. The third kappa shape index (κ3) is 2.88. The Morgan fingerprint density at radius 3 is 2.89 bits per heavy atom. The average molecular weight is 264 g/mol. The van der Waals surface area contributed by atoms with Gasteiger partial charge in [0.2, 0.25) is 0 Å². The molecule has 1 atom stereocenters. The van der Waals surface area contributed by atoms with E-state index in [1.165, 1.54) is 0 Å². The Kier molecular flexibility index (Phi) is 3.78. The summed E-state index contributed by atoms with van der Waals surface area (Å²) in [6.45, 7) is 4.78. The molecule has 1 aliphatic rings. The molecule has 5 heteroatoms. The van der Waals surface area contributed by atoms with Crippen LogP contribution in [0.1, 0.15) is 29.8 Å². The minimum Gasteiger partial charge on any atom is -0.394 e. The van der Waals surface area contributed by atoms with Crippen LogP contribution in [0.15, 0.2) is 18.2 Å². The van der Waals surface area contributed by atoms with Gasteiger partial charge >= 0.3 is 0 Å². The molecule has 0 fully saturated rings. The van der Waals surface area contributed by atoms with E-state index in [1.807, 2.05) is 12.1 Å². The molecule has 0 aromatic heterocycles. The Labute approximate surface area is 112 Å². The molecule has 5 nitrogen and oxygen atoms in total. The van der Waals surface area contributed by atoms with Crippen molar-refractivity contribution >= 4 is 11.6 Å². The molecule has 104 valence electrons. The SMILES string of the molecule is CC1(C)CNC(=O)c2cc(NCC(O)CO)ccc21. The van der Waals surface area contributed by atoms with Gasteiger partial charge in [-0.05, 0) is 17.7 Å². The monoisotopic (exact) mass is 264 g/mol. The lowest BCUT2D eigenvalue weighted by Gasteiger charge is -2.32. The van der Waals surface area contributed by atoms with Gasteiger partial charge in [-0.25, -0.2) is 0 Å². The highest BCUT2D eigenvalue weighted by atomic mass is 16.3. The zero-order chi connectivity index (χ0) is 14.0. The highest BCUT2D eigenvalue weighted by Gasteiger charge is 2.31. The molecule has 1 aromatic rings. The van der Waals surface area contributed by atoms with Gasteiger partial charge < -0.3 is 20.8 Å². The molecule has 4 N–H and O–H groups in total. The number of benzene rings is 1. The topological polar surface area (TPSA) is 81.6 Å². The molecule has 1 heterocycles. The summed E-state index contributed by atoms with van der Waals surface area (Å²) in [7, 11) is 0. The molecule has 0 spiro atoms. The molecular formula is C14H20N2O3. The number of fused-ring (bicyclic) bond motifs is 1. The zero-order valence-corrected chi connectivity index (χ0v) is 11.2. The van der Waals surface area contributed by atoms with Gasteiger partial charge in [-0.1, -0.05) is 19.9 Å². The Morgan fingerprint density at radius 2 is 2.21 bits per heavy atom. The fraction of sp³-hybridized carbons (Fsp3) is 0.500. The Balaban J connectivity index is 2.23. The summed E-state index contributed by atoms with van der Waals surface area (Å²) in [5.74, 6) is -0.0688. The van der Waals surface area contributed by atoms with E-state index in [4.69, 9.17) is 5.11 Å². The first-order chi connectivity index (χ1) is 8.94. The van der Waals surface area contributed by atoms with Gasteiger partial charge in [0.1, 0.15) is 0 Å². The molecule has 1 unspecified atom stereocenters. The van der Waals surface area contributed by atoms with E-state index in [-0.39, 0.29) is 24.5 Å². The number of hydrogen-bond acceptors (Lipinski definition) is 4. The van der Waals surface area contributed by atoms with Crippen LogP contribution in [0.4, 0.5) is 5.69 Å². The van der Waals surface area contributed by atoms with Crippen molar-refractivity contribution in [2.75, 3.05) is 25.0 Å². The lowest BCUT2D eigenvalue weighted by Crippen LogP contribution is -2.43. The van der Waals surface area contributed by atoms with Crippen LogP contribution in [-0.4, -0.2) is 41.9 Å². The largest absolute Gasteiger partial charge is 0.394 e. The molecule has 0 radical (unpaired) electrons. The molecule has 2 rings (SSSR count). The first kappa shape index (κ1) is 13.8. The van der Waals surface area contributed by atoms with Crippen molar-refractivity contribution in [2.24, 2.45) is 0 Å². The standard InChI is InChI=1S/C14H20N2O3/c1-14(2)8-16-13(19)11-5-9(3-4-12(11)14)15-6-10(18)7-17/h3-5,10,15,17-18H,6-8H2,1-2H3,(H,16,19). The second kappa shape index (κ2) is 5.19. The van der Waals surface area contributed by atoms with Crippen LogP contribution in [0.3, 0.4) is 0 Å². The van der Waals surface area contributed by atoms with Gasteiger partial charge in [0.15, 0.2) is 0 Å². The van der Waals surface area contributed by atoms with Crippen molar-refractivity contribution < 1.29 is 15.0 Å². The number of carbonyl (C=O) groups is 1. The lowest BCUT2D eigenvalue weighted by molar-refractivity contribution is 0.0930. The van der Waals surface area contributed by atoms with E-state index in [9.17, 15) is 9.90 Å². The van der Waals surface area contributed by atoms with Crippen LogP contribution >= 0.6 is 0 Å². The number of carbonyl (C=O) groups excluding carboxylic acids is 1. The molecule has 1 aliphatic heterocycles. The highest BCUT2D eigenvalue weighted by Crippen LogP contribution is 2.31. The minimum atomic E-state index is -0.804. The molecular weight excluding hydrogens is 244 g/mol. The molecule has 0 bridgehead atoms. The van der Waals surface area contributed by atoms with Crippen LogP contribution in [0.5, 0.6) is 0 Å². The van der Waals surface area contributed by atoms with Crippen molar-refractivity contribution in [3.63, 3.8) is 0 Å². The zero-order valence-electron chi connectivity index (χ0n) is 11.2. The summed E-state index contributed by atoms with van der Waals surface area (Å²) in [5, 5.41) is 23.9. The lowest BCUT2D eigenvalue weighted by atomic mass is 9.79. The van der Waals surface area contributed by atoms with Crippen molar-refractivity contribution in [3.8, 4) is 0 Å². The van der Waals surface area contributed by atoms with Gasteiger partial charge in [0.25, 0.3) is 5.91 Å². The number of anilines is 1. The molecule has 0 saturated heterocycles. The molecule has 19 heavy (non-hydrogen) atoms. The summed E-state index contributed by atoms with van der Waals surface area (Å²) >= 11 is 0. The fourth-order valence-electron chi connectivity index (χ4n) is 2.22. The highest BCUT2D eigenvalue weighted by molar-refractivity contribution is 5.98. The van der Waals surface area contributed by atoms with Gasteiger partial charge in [-0.3, -0.25) is 4.79 Å². The normalized spacial score (nSPS) is 18.4. The van der Waals surface area contributed by atoms with Gasteiger partial charge in [-0.2, -0.15) is 0 Å². The second-order valence-corrected chi connectivity index (χ2v) is 5.54. The van der Waals surface area contributed by atoms with Gasteiger partial charge in [-0.15, -0.1) is 0 Å². The Bertz CT molecular complexity index is 486. The van der Waals surface area contributed by atoms with Crippen molar-refractivity contribution in [1.29, 1.82) is 0 Å². The number of nitrogens with one attached hydrogen (secondary N) is 2. The Hall–Kier alpha value is -1.59. The van der Waals surface area contributed by atoms with Gasteiger partial charge in [0.05, 0.1) is 12.7 Å². The molecule has 1 amide bonds. The number of aliphatic hydroxyl groups is 2. The van der Waals surface area contributed by atoms with Crippen LogP contribution < -0.4 is 10.6 Å². The van der Waals surface area contributed by atoms with Gasteiger partial charge in [0, 0.05) is 29.8 Å². The maximum Gasteiger partial charge on any atom is 0.251 e. The van der Waals surface area contributed by atoms with E-state index in [1.54, 1.807) is 6.07 Å².